The number of carbonyl (C=O) groups excluding carboxylic acids is 3. The average molecular weight is 442 g/mol. The van der Waals surface area contributed by atoms with Gasteiger partial charge in [-0.25, -0.2) is 0 Å². The lowest BCUT2D eigenvalue weighted by Gasteiger charge is -2.30. The third-order valence-corrected chi connectivity index (χ3v) is 5.34. The van der Waals surface area contributed by atoms with Crippen molar-refractivity contribution in [2.75, 3.05) is 20.2 Å². The van der Waals surface area contributed by atoms with E-state index in [2.05, 4.69) is 10.9 Å². The standard InChI is InChI=1S/C23H24ClN3O4/c1-31-20-9-8-18(24)15-19(20)23(30)26-25-22(29)17-11-13-27(14-12-17)21(28)10-7-16-5-3-2-4-6-16/h2-10,15,17H,11-14H2,1H3,(H,25,29)(H,26,30)/b10-7+. The molecule has 0 atom stereocenters. The summed E-state index contributed by atoms with van der Waals surface area (Å²) in [7, 11) is 1.45. The Balaban J connectivity index is 1.47. The number of ether oxygens (including phenoxy) is 1. The maximum Gasteiger partial charge on any atom is 0.273 e. The summed E-state index contributed by atoms with van der Waals surface area (Å²) < 4.78 is 5.15. The number of amides is 3. The summed E-state index contributed by atoms with van der Waals surface area (Å²) in [6.45, 7) is 0.957. The number of hydrazine groups is 1. The number of hydrogen-bond acceptors (Lipinski definition) is 4. The lowest BCUT2D eigenvalue weighted by Crippen LogP contribution is -2.48. The number of piperidine rings is 1. The van der Waals surface area contributed by atoms with E-state index < -0.39 is 5.91 Å². The van der Waals surface area contributed by atoms with Gasteiger partial charge in [0.1, 0.15) is 5.75 Å². The molecule has 162 valence electrons. The molecule has 0 saturated carbocycles. The number of likely N-dealkylation sites (tertiary alicyclic amines) is 1. The van der Waals surface area contributed by atoms with E-state index in [1.54, 1.807) is 29.2 Å². The molecule has 0 unspecified atom stereocenters. The lowest BCUT2D eigenvalue weighted by atomic mass is 9.96. The van der Waals surface area contributed by atoms with Crippen LogP contribution in [-0.4, -0.2) is 42.8 Å². The van der Waals surface area contributed by atoms with Crippen molar-refractivity contribution in [3.63, 3.8) is 0 Å². The van der Waals surface area contributed by atoms with Crippen molar-refractivity contribution in [2.45, 2.75) is 12.8 Å². The van der Waals surface area contributed by atoms with Crippen LogP contribution in [0.15, 0.2) is 54.6 Å². The van der Waals surface area contributed by atoms with Gasteiger partial charge >= 0.3 is 0 Å². The Labute approximate surface area is 186 Å². The first-order chi connectivity index (χ1) is 15.0. The molecule has 2 N–H and O–H groups in total. The zero-order chi connectivity index (χ0) is 22.2. The zero-order valence-corrected chi connectivity index (χ0v) is 17.9. The molecular weight excluding hydrogens is 418 g/mol. The second kappa shape index (κ2) is 10.6. The lowest BCUT2D eigenvalue weighted by molar-refractivity contribution is -0.132. The molecule has 1 saturated heterocycles. The fraction of sp³-hybridized carbons (Fsp3) is 0.261. The van der Waals surface area contributed by atoms with Gasteiger partial charge in [-0.15, -0.1) is 0 Å². The van der Waals surface area contributed by atoms with E-state index in [-0.39, 0.29) is 23.3 Å². The summed E-state index contributed by atoms with van der Waals surface area (Å²) in [6.07, 6.45) is 4.37. The Hall–Kier alpha value is -3.32. The van der Waals surface area contributed by atoms with Crippen molar-refractivity contribution in [1.29, 1.82) is 0 Å². The monoisotopic (exact) mass is 441 g/mol. The van der Waals surface area contributed by atoms with E-state index in [1.165, 1.54) is 13.2 Å². The van der Waals surface area contributed by atoms with Crippen molar-refractivity contribution >= 4 is 35.4 Å². The highest BCUT2D eigenvalue weighted by Crippen LogP contribution is 2.22. The van der Waals surface area contributed by atoms with Crippen LogP contribution >= 0.6 is 11.6 Å². The third kappa shape index (κ3) is 6.08. The normalized spacial score (nSPS) is 14.3. The minimum Gasteiger partial charge on any atom is -0.496 e. The molecule has 7 nitrogen and oxygen atoms in total. The summed E-state index contributed by atoms with van der Waals surface area (Å²) in [5, 5.41) is 0.385. The number of carbonyl (C=O) groups is 3. The predicted octanol–water partition coefficient (Wildman–Crippen LogP) is 3.06. The first kappa shape index (κ1) is 22.4. The topological polar surface area (TPSA) is 87.7 Å². The van der Waals surface area contributed by atoms with Crippen molar-refractivity contribution < 1.29 is 19.1 Å². The fourth-order valence-corrected chi connectivity index (χ4v) is 3.52. The van der Waals surface area contributed by atoms with Crippen LogP contribution in [0.5, 0.6) is 5.75 Å². The summed E-state index contributed by atoms with van der Waals surface area (Å²) in [5.41, 5.74) is 6.04. The molecule has 2 aromatic carbocycles. The highest BCUT2D eigenvalue weighted by Gasteiger charge is 2.27. The SMILES string of the molecule is COc1ccc(Cl)cc1C(=O)NNC(=O)C1CCN(C(=O)/C=C/c2ccccc2)CC1. The van der Waals surface area contributed by atoms with Crippen LogP contribution in [0.4, 0.5) is 0 Å². The van der Waals surface area contributed by atoms with Crippen LogP contribution in [0.25, 0.3) is 6.08 Å². The number of nitrogens with zero attached hydrogens (tertiary/aromatic N) is 1. The number of benzene rings is 2. The van der Waals surface area contributed by atoms with Crippen LogP contribution in [0.2, 0.25) is 5.02 Å². The van der Waals surface area contributed by atoms with Gasteiger partial charge in [-0.05, 0) is 42.7 Å². The van der Waals surface area contributed by atoms with E-state index in [0.717, 1.165) is 5.56 Å². The number of rotatable bonds is 5. The van der Waals surface area contributed by atoms with Crippen molar-refractivity contribution in [3.8, 4) is 5.75 Å². The maximum absolute atomic E-state index is 12.4. The second-order valence-corrected chi connectivity index (χ2v) is 7.57. The second-order valence-electron chi connectivity index (χ2n) is 7.13. The molecule has 1 aliphatic rings. The maximum atomic E-state index is 12.4. The minimum absolute atomic E-state index is 0.0796. The summed E-state index contributed by atoms with van der Waals surface area (Å²) in [6, 6.07) is 14.3. The van der Waals surface area contributed by atoms with Crippen LogP contribution in [0.1, 0.15) is 28.8 Å². The summed E-state index contributed by atoms with van der Waals surface area (Å²) >= 11 is 5.94. The molecule has 0 spiro atoms. The van der Waals surface area contributed by atoms with Gasteiger partial charge in [-0.2, -0.15) is 0 Å². The third-order valence-electron chi connectivity index (χ3n) is 5.10. The largest absolute Gasteiger partial charge is 0.496 e. The van der Waals surface area contributed by atoms with E-state index in [1.807, 2.05) is 30.3 Å². The Bertz CT molecular complexity index is 970. The number of nitrogens with one attached hydrogen (secondary N) is 2. The molecule has 31 heavy (non-hydrogen) atoms. The molecule has 1 fully saturated rings. The van der Waals surface area contributed by atoms with Crippen LogP contribution in [-0.2, 0) is 9.59 Å². The molecule has 0 bridgehead atoms. The fourth-order valence-electron chi connectivity index (χ4n) is 3.34. The van der Waals surface area contributed by atoms with Gasteiger partial charge in [0.15, 0.2) is 0 Å². The molecule has 0 radical (unpaired) electrons. The van der Waals surface area contributed by atoms with Crippen LogP contribution < -0.4 is 15.6 Å². The molecule has 0 aliphatic carbocycles. The molecule has 8 heteroatoms. The van der Waals surface area contributed by atoms with Gasteiger partial charge in [0.05, 0.1) is 12.7 Å². The quantitative estimate of drug-likeness (QED) is 0.551. The van der Waals surface area contributed by atoms with E-state index in [9.17, 15) is 14.4 Å². The smallest absolute Gasteiger partial charge is 0.273 e. The molecular formula is C23H24ClN3O4. The summed E-state index contributed by atoms with van der Waals surface area (Å²) in [5.74, 6) is -0.827. The minimum atomic E-state index is -0.522. The van der Waals surface area contributed by atoms with Gasteiger partial charge in [-0.1, -0.05) is 41.9 Å². The first-order valence-corrected chi connectivity index (χ1v) is 10.3. The molecule has 1 heterocycles. The highest BCUT2D eigenvalue weighted by atomic mass is 35.5. The van der Waals surface area contributed by atoms with Gasteiger partial charge in [0, 0.05) is 30.1 Å². The van der Waals surface area contributed by atoms with E-state index >= 15 is 0 Å². The Morgan fingerprint density at radius 2 is 1.77 bits per heavy atom. The Kier molecular flexibility index (Phi) is 7.67. The van der Waals surface area contributed by atoms with Crippen LogP contribution in [0.3, 0.4) is 0 Å². The van der Waals surface area contributed by atoms with Gasteiger partial charge in [-0.3, -0.25) is 25.2 Å². The highest BCUT2D eigenvalue weighted by molar-refractivity contribution is 6.31. The van der Waals surface area contributed by atoms with Gasteiger partial charge in [0.25, 0.3) is 5.91 Å². The average Bonchev–Trinajstić information content (AvgIpc) is 2.81. The van der Waals surface area contributed by atoms with E-state index in [0.29, 0.717) is 36.7 Å². The number of hydrogen-bond donors (Lipinski definition) is 2. The van der Waals surface area contributed by atoms with Crippen molar-refractivity contribution in [2.24, 2.45) is 5.92 Å². The molecule has 3 amide bonds. The Morgan fingerprint density at radius 3 is 2.45 bits per heavy atom. The number of halogens is 1. The van der Waals surface area contributed by atoms with Crippen molar-refractivity contribution in [3.05, 3.63) is 70.8 Å². The zero-order valence-electron chi connectivity index (χ0n) is 17.1. The molecule has 2 aromatic rings. The van der Waals surface area contributed by atoms with E-state index in [4.69, 9.17) is 16.3 Å². The van der Waals surface area contributed by atoms with Crippen LogP contribution in [0, 0.1) is 5.92 Å². The van der Waals surface area contributed by atoms with Gasteiger partial charge < -0.3 is 9.64 Å². The van der Waals surface area contributed by atoms with Crippen molar-refractivity contribution in [1.82, 2.24) is 15.8 Å². The summed E-state index contributed by atoms with van der Waals surface area (Å²) in [4.78, 5) is 38.9. The Morgan fingerprint density at radius 1 is 1.06 bits per heavy atom. The number of methoxy groups -OCH3 is 1. The first-order valence-electron chi connectivity index (χ1n) is 9.93. The molecule has 1 aliphatic heterocycles. The molecule has 3 rings (SSSR count). The van der Waals surface area contributed by atoms with Gasteiger partial charge in [0.2, 0.25) is 11.8 Å². The molecule has 0 aromatic heterocycles. The predicted molar refractivity (Wildman–Crippen MR) is 118 cm³/mol.